The molecule has 0 heterocycles. The van der Waals surface area contributed by atoms with Crippen molar-refractivity contribution in [1.29, 1.82) is 0 Å². The maximum absolute atomic E-state index is 12.3. The molecular formula is C18H28N2O. The average molecular weight is 288 g/mol. The fourth-order valence-electron chi connectivity index (χ4n) is 3.46. The van der Waals surface area contributed by atoms with E-state index in [0.29, 0.717) is 6.54 Å². The summed E-state index contributed by atoms with van der Waals surface area (Å²) in [4.78, 5) is 12.3. The Bertz CT molecular complexity index is 488. The van der Waals surface area contributed by atoms with E-state index in [1.165, 1.54) is 16.7 Å². The average Bonchev–Trinajstić information content (AvgIpc) is 2.36. The van der Waals surface area contributed by atoms with Gasteiger partial charge in [-0.05, 0) is 45.6 Å². The Balaban J connectivity index is 1.86. The molecule has 1 aromatic rings. The van der Waals surface area contributed by atoms with E-state index in [4.69, 9.17) is 5.73 Å². The van der Waals surface area contributed by atoms with Gasteiger partial charge in [-0.3, -0.25) is 4.79 Å². The second-order valence-electron chi connectivity index (χ2n) is 6.84. The fraction of sp³-hybridized carbons (Fsp3) is 0.611. The van der Waals surface area contributed by atoms with Gasteiger partial charge in [0.15, 0.2) is 0 Å². The van der Waals surface area contributed by atoms with Crippen molar-refractivity contribution in [3.63, 3.8) is 0 Å². The van der Waals surface area contributed by atoms with E-state index in [-0.39, 0.29) is 17.4 Å². The topological polar surface area (TPSA) is 55.1 Å². The van der Waals surface area contributed by atoms with E-state index in [0.717, 1.165) is 32.1 Å². The zero-order valence-electron chi connectivity index (χ0n) is 13.5. The number of nitrogens with one attached hydrogen (secondary N) is 1. The highest BCUT2D eigenvalue weighted by molar-refractivity contribution is 5.80. The van der Waals surface area contributed by atoms with E-state index >= 15 is 0 Å². The van der Waals surface area contributed by atoms with Crippen LogP contribution in [0.4, 0.5) is 0 Å². The molecule has 0 spiro atoms. The Hall–Kier alpha value is -1.35. The van der Waals surface area contributed by atoms with Crippen LogP contribution in [-0.4, -0.2) is 18.0 Å². The molecule has 1 aromatic carbocycles. The molecule has 0 saturated heterocycles. The van der Waals surface area contributed by atoms with Gasteiger partial charge in [0.2, 0.25) is 5.91 Å². The van der Waals surface area contributed by atoms with Gasteiger partial charge in [-0.2, -0.15) is 0 Å². The highest BCUT2D eigenvalue weighted by Gasteiger charge is 2.37. The minimum absolute atomic E-state index is 0.0366. The molecule has 3 heteroatoms. The molecule has 1 aliphatic carbocycles. The molecule has 2 rings (SSSR count). The second kappa shape index (κ2) is 6.61. The first-order valence-electron chi connectivity index (χ1n) is 8.02. The minimum Gasteiger partial charge on any atom is -0.355 e. The van der Waals surface area contributed by atoms with Crippen LogP contribution in [0, 0.1) is 19.8 Å². The van der Waals surface area contributed by atoms with Crippen molar-refractivity contribution in [2.75, 3.05) is 6.54 Å². The third-order valence-corrected chi connectivity index (χ3v) is 4.57. The molecule has 3 N–H and O–H groups in total. The molecule has 116 valence electrons. The van der Waals surface area contributed by atoms with E-state index in [1.807, 2.05) is 6.92 Å². The molecule has 0 bridgehead atoms. The van der Waals surface area contributed by atoms with Crippen LogP contribution in [0.15, 0.2) is 18.2 Å². The summed E-state index contributed by atoms with van der Waals surface area (Å²) in [5, 5.41) is 3.08. The number of amides is 1. The van der Waals surface area contributed by atoms with E-state index in [2.05, 4.69) is 37.4 Å². The second-order valence-corrected chi connectivity index (χ2v) is 6.84. The third-order valence-electron chi connectivity index (χ3n) is 4.57. The SMILES string of the molecule is Cc1cc(C)cc(CCNC(=O)C2CCCCC2(C)N)c1. The highest BCUT2D eigenvalue weighted by Crippen LogP contribution is 2.31. The van der Waals surface area contributed by atoms with Gasteiger partial charge in [-0.1, -0.05) is 42.2 Å². The summed E-state index contributed by atoms with van der Waals surface area (Å²) in [7, 11) is 0. The van der Waals surface area contributed by atoms with Gasteiger partial charge in [0.1, 0.15) is 0 Å². The smallest absolute Gasteiger partial charge is 0.224 e. The zero-order chi connectivity index (χ0) is 15.5. The van der Waals surface area contributed by atoms with Crippen LogP contribution < -0.4 is 11.1 Å². The first kappa shape index (κ1) is 16.0. The van der Waals surface area contributed by atoms with Gasteiger partial charge < -0.3 is 11.1 Å². The largest absolute Gasteiger partial charge is 0.355 e. The molecule has 2 unspecified atom stereocenters. The van der Waals surface area contributed by atoms with Gasteiger partial charge in [0, 0.05) is 12.1 Å². The highest BCUT2D eigenvalue weighted by atomic mass is 16.1. The van der Waals surface area contributed by atoms with Gasteiger partial charge in [0.05, 0.1) is 5.92 Å². The lowest BCUT2D eigenvalue weighted by atomic mass is 9.74. The van der Waals surface area contributed by atoms with Crippen molar-refractivity contribution in [3.8, 4) is 0 Å². The third kappa shape index (κ3) is 4.31. The monoisotopic (exact) mass is 288 g/mol. The van der Waals surface area contributed by atoms with Crippen molar-refractivity contribution in [2.24, 2.45) is 11.7 Å². The predicted molar refractivity (Wildman–Crippen MR) is 87.2 cm³/mol. The molecule has 1 aliphatic rings. The summed E-state index contributed by atoms with van der Waals surface area (Å²) in [6.07, 6.45) is 4.99. The molecule has 0 aromatic heterocycles. The summed E-state index contributed by atoms with van der Waals surface area (Å²) in [6, 6.07) is 6.55. The van der Waals surface area contributed by atoms with E-state index in [1.54, 1.807) is 0 Å². The first-order chi connectivity index (χ1) is 9.88. The zero-order valence-corrected chi connectivity index (χ0v) is 13.5. The summed E-state index contributed by atoms with van der Waals surface area (Å²) >= 11 is 0. The molecule has 1 amide bonds. The number of rotatable bonds is 4. The van der Waals surface area contributed by atoms with Crippen LogP contribution in [0.5, 0.6) is 0 Å². The molecule has 0 aliphatic heterocycles. The standard InChI is InChI=1S/C18H28N2O/c1-13-10-14(2)12-15(11-13)7-9-20-17(21)16-6-4-5-8-18(16,3)19/h10-12,16H,4-9,19H2,1-3H3,(H,20,21). The Morgan fingerprint density at radius 2 is 1.95 bits per heavy atom. The summed E-state index contributed by atoms with van der Waals surface area (Å²) in [6.45, 7) is 6.92. The molecule has 2 atom stereocenters. The van der Waals surface area contributed by atoms with Crippen molar-refractivity contribution in [1.82, 2.24) is 5.32 Å². The maximum Gasteiger partial charge on any atom is 0.224 e. The van der Waals surface area contributed by atoms with Crippen molar-refractivity contribution < 1.29 is 4.79 Å². The van der Waals surface area contributed by atoms with Crippen LogP contribution in [0.2, 0.25) is 0 Å². The number of hydrogen-bond acceptors (Lipinski definition) is 2. The van der Waals surface area contributed by atoms with Crippen molar-refractivity contribution in [3.05, 3.63) is 34.9 Å². The quantitative estimate of drug-likeness (QED) is 0.895. The molecule has 21 heavy (non-hydrogen) atoms. The van der Waals surface area contributed by atoms with Crippen LogP contribution in [0.25, 0.3) is 0 Å². The van der Waals surface area contributed by atoms with Crippen LogP contribution in [-0.2, 0) is 11.2 Å². The van der Waals surface area contributed by atoms with Gasteiger partial charge in [0.25, 0.3) is 0 Å². The lowest BCUT2D eigenvalue weighted by Gasteiger charge is -2.37. The minimum atomic E-state index is -0.345. The summed E-state index contributed by atoms with van der Waals surface area (Å²) < 4.78 is 0. The van der Waals surface area contributed by atoms with Crippen LogP contribution >= 0.6 is 0 Å². The Morgan fingerprint density at radius 3 is 2.57 bits per heavy atom. The molecule has 1 fully saturated rings. The number of carbonyl (C=O) groups is 1. The van der Waals surface area contributed by atoms with Gasteiger partial charge in [-0.25, -0.2) is 0 Å². The van der Waals surface area contributed by atoms with Crippen LogP contribution in [0.3, 0.4) is 0 Å². The van der Waals surface area contributed by atoms with E-state index < -0.39 is 0 Å². The number of hydrogen-bond donors (Lipinski definition) is 2. The fourth-order valence-corrected chi connectivity index (χ4v) is 3.46. The molecular weight excluding hydrogens is 260 g/mol. The van der Waals surface area contributed by atoms with E-state index in [9.17, 15) is 4.79 Å². The molecule has 1 saturated carbocycles. The summed E-state index contributed by atoms with van der Waals surface area (Å²) in [5.74, 6) is 0.0922. The lowest BCUT2D eigenvalue weighted by Crippen LogP contribution is -2.53. The first-order valence-corrected chi connectivity index (χ1v) is 8.02. The van der Waals surface area contributed by atoms with Crippen molar-refractivity contribution >= 4 is 5.91 Å². The maximum atomic E-state index is 12.3. The van der Waals surface area contributed by atoms with Crippen LogP contribution in [0.1, 0.15) is 49.3 Å². The Labute approximate surface area is 128 Å². The number of nitrogens with two attached hydrogens (primary N) is 1. The van der Waals surface area contributed by atoms with Gasteiger partial charge in [-0.15, -0.1) is 0 Å². The number of benzene rings is 1. The number of aryl methyl sites for hydroxylation is 2. The molecule has 3 nitrogen and oxygen atoms in total. The number of carbonyl (C=O) groups excluding carboxylic acids is 1. The lowest BCUT2D eigenvalue weighted by molar-refractivity contribution is -0.128. The summed E-state index contributed by atoms with van der Waals surface area (Å²) in [5.41, 5.74) is 9.78. The van der Waals surface area contributed by atoms with Gasteiger partial charge >= 0.3 is 0 Å². The normalized spacial score (nSPS) is 25.6. The molecule has 0 radical (unpaired) electrons. The predicted octanol–water partition coefficient (Wildman–Crippen LogP) is 2.87. The Kier molecular flexibility index (Phi) is 5.04. The van der Waals surface area contributed by atoms with Crippen molar-refractivity contribution in [2.45, 2.75) is 58.4 Å². The Morgan fingerprint density at radius 1 is 1.29 bits per heavy atom.